The van der Waals surface area contributed by atoms with Gasteiger partial charge in [-0.25, -0.2) is 0 Å². The van der Waals surface area contributed by atoms with Crippen molar-refractivity contribution in [3.05, 3.63) is 0 Å². The van der Waals surface area contributed by atoms with Crippen LogP contribution in [-0.2, 0) is 0 Å². The summed E-state index contributed by atoms with van der Waals surface area (Å²) >= 11 is 0. The van der Waals surface area contributed by atoms with Crippen molar-refractivity contribution >= 4 is 0 Å². The number of likely N-dealkylation sites (N-methyl/N-ethyl adjacent to an activating group) is 1. The van der Waals surface area contributed by atoms with E-state index in [1.165, 1.54) is 38.8 Å². The Morgan fingerprint density at radius 3 is 2.85 bits per heavy atom. The number of likely N-dealkylation sites (tertiary alicyclic amines) is 1. The number of hydrogen-bond acceptors (Lipinski definition) is 2. The molecule has 1 fully saturated rings. The van der Waals surface area contributed by atoms with Gasteiger partial charge >= 0.3 is 0 Å². The lowest BCUT2D eigenvalue weighted by Crippen LogP contribution is -2.42. The van der Waals surface area contributed by atoms with E-state index in [0.29, 0.717) is 0 Å². The minimum atomic E-state index is 0.868. The summed E-state index contributed by atoms with van der Waals surface area (Å²) in [5, 5.41) is 3.40. The fourth-order valence-corrected chi connectivity index (χ4v) is 2.22. The average Bonchev–Trinajstić information content (AvgIpc) is 2.19. The zero-order chi connectivity index (χ0) is 9.52. The monoisotopic (exact) mass is 184 g/mol. The number of piperidine rings is 1. The molecule has 0 saturated carbocycles. The van der Waals surface area contributed by atoms with Crippen LogP contribution < -0.4 is 5.32 Å². The molecule has 1 rings (SSSR count). The van der Waals surface area contributed by atoms with E-state index in [0.717, 1.165) is 19.1 Å². The van der Waals surface area contributed by atoms with Crippen molar-refractivity contribution in [2.45, 2.75) is 45.6 Å². The van der Waals surface area contributed by atoms with Crippen molar-refractivity contribution in [3.8, 4) is 0 Å². The van der Waals surface area contributed by atoms with E-state index >= 15 is 0 Å². The van der Waals surface area contributed by atoms with E-state index < -0.39 is 0 Å². The van der Waals surface area contributed by atoms with Gasteiger partial charge in [0.05, 0.1) is 0 Å². The van der Waals surface area contributed by atoms with Gasteiger partial charge in [-0.1, -0.05) is 20.3 Å². The molecule has 13 heavy (non-hydrogen) atoms. The summed E-state index contributed by atoms with van der Waals surface area (Å²) in [4.78, 5) is 2.66. The summed E-state index contributed by atoms with van der Waals surface area (Å²) < 4.78 is 0. The van der Waals surface area contributed by atoms with Gasteiger partial charge in [-0.3, -0.25) is 4.90 Å². The Balaban J connectivity index is 2.19. The van der Waals surface area contributed by atoms with Gasteiger partial charge in [0, 0.05) is 19.1 Å². The molecule has 0 bridgehead atoms. The van der Waals surface area contributed by atoms with Crippen molar-refractivity contribution < 1.29 is 0 Å². The minimum Gasteiger partial charge on any atom is -0.316 e. The Hall–Kier alpha value is -0.0800. The maximum atomic E-state index is 3.40. The van der Waals surface area contributed by atoms with Crippen LogP contribution >= 0.6 is 0 Å². The van der Waals surface area contributed by atoms with Crippen molar-refractivity contribution in [1.82, 2.24) is 10.2 Å². The summed E-state index contributed by atoms with van der Waals surface area (Å²) in [5.74, 6) is 0. The fourth-order valence-electron chi connectivity index (χ4n) is 2.22. The fraction of sp³-hybridized carbons (Fsp3) is 1.00. The average molecular weight is 184 g/mol. The Morgan fingerprint density at radius 2 is 2.15 bits per heavy atom. The van der Waals surface area contributed by atoms with Crippen LogP contribution in [0.25, 0.3) is 0 Å². The SMILES string of the molecule is CCNCCN1CCCC[C@H]1CC. The smallest absolute Gasteiger partial charge is 0.0110 e. The lowest BCUT2D eigenvalue weighted by molar-refractivity contribution is 0.145. The molecule has 2 heteroatoms. The molecular formula is C11H24N2. The molecule has 1 aliphatic rings. The van der Waals surface area contributed by atoms with Gasteiger partial charge in [0.2, 0.25) is 0 Å². The third kappa shape index (κ3) is 3.65. The number of nitrogens with zero attached hydrogens (tertiary/aromatic N) is 1. The van der Waals surface area contributed by atoms with Crippen molar-refractivity contribution in [3.63, 3.8) is 0 Å². The molecule has 0 aliphatic carbocycles. The maximum absolute atomic E-state index is 3.40. The normalized spacial score (nSPS) is 24.9. The second-order valence-corrected chi connectivity index (χ2v) is 3.95. The van der Waals surface area contributed by atoms with Crippen LogP contribution in [-0.4, -0.2) is 37.1 Å². The zero-order valence-electron chi connectivity index (χ0n) is 9.18. The Labute approximate surface area is 82.7 Å². The molecule has 0 aromatic carbocycles. The van der Waals surface area contributed by atoms with Crippen molar-refractivity contribution in [2.75, 3.05) is 26.2 Å². The third-order valence-electron chi connectivity index (χ3n) is 3.05. The topological polar surface area (TPSA) is 15.3 Å². The first-order valence-electron chi connectivity index (χ1n) is 5.83. The molecule has 1 aliphatic heterocycles. The summed E-state index contributed by atoms with van der Waals surface area (Å²) in [6, 6.07) is 0.868. The predicted octanol–water partition coefficient (Wildman–Crippen LogP) is 1.86. The van der Waals surface area contributed by atoms with E-state index in [1.807, 2.05) is 0 Å². The van der Waals surface area contributed by atoms with Crippen LogP contribution in [0, 0.1) is 0 Å². The highest BCUT2D eigenvalue weighted by Crippen LogP contribution is 2.18. The number of nitrogens with one attached hydrogen (secondary N) is 1. The van der Waals surface area contributed by atoms with Crippen LogP contribution in [0.5, 0.6) is 0 Å². The molecule has 0 radical (unpaired) electrons. The number of rotatable bonds is 5. The van der Waals surface area contributed by atoms with Crippen molar-refractivity contribution in [1.29, 1.82) is 0 Å². The quantitative estimate of drug-likeness (QED) is 0.656. The highest BCUT2D eigenvalue weighted by atomic mass is 15.2. The van der Waals surface area contributed by atoms with Gasteiger partial charge < -0.3 is 5.32 Å². The van der Waals surface area contributed by atoms with Crippen LogP contribution in [0.2, 0.25) is 0 Å². The molecule has 0 aromatic rings. The van der Waals surface area contributed by atoms with Gasteiger partial charge in [0.1, 0.15) is 0 Å². The summed E-state index contributed by atoms with van der Waals surface area (Å²) in [5.41, 5.74) is 0. The lowest BCUT2D eigenvalue weighted by atomic mass is 10.0. The first-order valence-corrected chi connectivity index (χ1v) is 5.83. The Kier molecular flexibility index (Phi) is 5.40. The Morgan fingerprint density at radius 1 is 1.31 bits per heavy atom. The zero-order valence-corrected chi connectivity index (χ0v) is 9.18. The van der Waals surface area contributed by atoms with Gasteiger partial charge in [-0.15, -0.1) is 0 Å². The lowest BCUT2D eigenvalue weighted by Gasteiger charge is -2.35. The van der Waals surface area contributed by atoms with Crippen LogP contribution in [0.4, 0.5) is 0 Å². The molecule has 0 amide bonds. The van der Waals surface area contributed by atoms with Crippen LogP contribution in [0.1, 0.15) is 39.5 Å². The van der Waals surface area contributed by atoms with Gasteiger partial charge in [-0.05, 0) is 32.4 Å². The third-order valence-corrected chi connectivity index (χ3v) is 3.05. The van der Waals surface area contributed by atoms with Gasteiger partial charge in [-0.2, -0.15) is 0 Å². The van der Waals surface area contributed by atoms with Gasteiger partial charge in [0.15, 0.2) is 0 Å². The first kappa shape index (κ1) is 11.0. The van der Waals surface area contributed by atoms with Crippen LogP contribution in [0.15, 0.2) is 0 Å². The first-order chi connectivity index (χ1) is 6.38. The minimum absolute atomic E-state index is 0.868. The highest BCUT2D eigenvalue weighted by molar-refractivity contribution is 4.75. The summed E-state index contributed by atoms with van der Waals surface area (Å²) in [7, 11) is 0. The second-order valence-electron chi connectivity index (χ2n) is 3.95. The molecule has 2 nitrogen and oxygen atoms in total. The van der Waals surface area contributed by atoms with E-state index in [4.69, 9.17) is 0 Å². The number of hydrogen-bond donors (Lipinski definition) is 1. The molecular weight excluding hydrogens is 160 g/mol. The van der Waals surface area contributed by atoms with E-state index in [-0.39, 0.29) is 0 Å². The summed E-state index contributed by atoms with van der Waals surface area (Å²) in [6.07, 6.45) is 5.59. The van der Waals surface area contributed by atoms with Crippen LogP contribution in [0.3, 0.4) is 0 Å². The second kappa shape index (κ2) is 6.39. The largest absolute Gasteiger partial charge is 0.316 e. The van der Waals surface area contributed by atoms with Crippen molar-refractivity contribution in [2.24, 2.45) is 0 Å². The molecule has 1 N–H and O–H groups in total. The molecule has 0 spiro atoms. The molecule has 1 saturated heterocycles. The predicted molar refractivity (Wildman–Crippen MR) is 58.0 cm³/mol. The summed E-state index contributed by atoms with van der Waals surface area (Å²) in [6.45, 7) is 9.32. The van der Waals surface area contributed by atoms with E-state index in [9.17, 15) is 0 Å². The molecule has 0 aromatic heterocycles. The van der Waals surface area contributed by atoms with Gasteiger partial charge in [0.25, 0.3) is 0 Å². The molecule has 1 atom stereocenters. The molecule has 1 heterocycles. The molecule has 0 unspecified atom stereocenters. The standard InChI is InChI=1S/C11H24N2/c1-3-11-7-5-6-9-13(11)10-8-12-4-2/h11-12H,3-10H2,1-2H3/t11-/m1/s1. The molecule has 78 valence electrons. The van der Waals surface area contributed by atoms with E-state index in [2.05, 4.69) is 24.1 Å². The Bertz CT molecular complexity index is 125. The maximum Gasteiger partial charge on any atom is 0.0110 e. The van der Waals surface area contributed by atoms with E-state index in [1.54, 1.807) is 0 Å². The highest BCUT2D eigenvalue weighted by Gasteiger charge is 2.19.